The first-order chi connectivity index (χ1) is 26.0. The summed E-state index contributed by atoms with van der Waals surface area (Å²) in [4.78, 5) is 37.2. The molecule has 2 heterocycles. The molecule has 4 aromatic rings. The molecule has 0 radical (unpaired) electrons. The van der Waals surface area contributed by atoms with E-state index in [2.05, 4.69) is 13.2 Å². The maximum absolute atomic E-state index is 14.4. The molecule has 54 heavy (non-hydrogen) atoms. The number of unbranched alkanes of at least 4 members (excludes halogenated alkanes) is 1. The van der Waals surface area contributed by atoms with Crippen molar-refractivity contribution in [3.05, 3.63) is 121 Å². The van der Waals surface area contributed by atoms with Crippen molar-refractivity contribution >= 4 is 37.6 Å². The van der Waals surface area contributed by atoms with Gasteiger partial charge >= 0.3 is 206 Å². The third-order valence-electron chi connectivity index (χ3n) is 9.13. The minimum atomic E-state index is -3.63. The molecule has 1 N–H and O–H groups in total. The molecular weight excluding hydrogens is 726 g/mol. The molecule has 0 fully saturated rings. The molecule has 284 valence electrons. The Balaban J connectivity index is 1.03. The predicted molar refractivity (Wildman–Crippen MR) is 212 cm³/mol. The molecule has 4 aromatic carbocycles. The Morgan fingerprint density at radius 2 is 1.20 bits per heavy atom. The van der Waals surface area contributed by atoms with Crippen molar-refractivity contribution in [2.45, 2.75) is 38.9 Å². The average Bonchev–Trinajstić information content (AvgIpc) is 3.15. The van der Waals surface area contributed by atoms with Gasteiger partial charge in [-0.05, 0) is 24.6 Å². The smallest absolute Gasteiger partial charge is 0.439 e. The average molecular weight is 773 g/mol. The molecule has 0 amide bonds. The van der Waals surface area contributed by atoms with Gasteiger partial charge in [-0.15, -0.1) is 0 Å². The second kappa shape index (κ2) is 17.3. The molecule has 3 atom stereocenters. The second-order valence-electron chi connectivity index (χ2n) is 13.6. The number of esters is 2. The molecule has 0 aromatic heterocycles. The van der Waals surface area contributed by atoms with Gasteiger partial charge in [0.2, 0.25) is 0 Å². The molecule has 3 unspecified atom stereocenters. The van der Waals surface area contributed by atoms with Crippen LogP contribution in [-0.4, -0.2) is 67.8 Å². The summed E-state index contributed by atoms with van der Waals surface area (Å²) < 4.78 is 50.2. The number of fused-ring (bicyclic) bond motifs is 6. The molecular formula is C42H46O10P2. The summed E-state index contributed by atoms with van der Waals surface area (Å²) in [6.45, 7) is 11.2. The van der Waals surface area contributed by atoms with Crippen molar-refractivity contribution in [1.29, 1.82) is 0 Å². The molecule has 0 spiro atoms. The number of ether oxygens (including phenoxy) is 4. The Morgan fingerprint density at radius 3 is 1.85 bits per heavy atom. The Hall–Kier alpha value is -4.56. The zero-order valence-electron chi connectivity index (χ0n) is 30.5. The van der Waals surface area contributed by atoms with Crippen molar-refractivity contribution in [3.8, 4) is 33.8 Å². The molecule has 0 saturated carbocycles. The summed E-state index contributed by atoms with van der Waals surface area (Å²) in [5.41, 5.74) is 3.92. The van der Waals surface area contributed by atoms with Gasteiger partial charge in [-0.1, -0.05) is 43.0 Å². The van der Waals surface area contributed by atoms with Gasteiger partial charge in [0, 0.05) is 11.1 Å². The summed E-state index contributed by atoms with van der Waals surface area (Å²) in [6, 6.07) is 30.0. The summed E-state index contributed by atoms with van der Waals surface area (Å²) >= 11 is 0. The normalized spacial score (nSPS) is 17.8. The van der Waals surface area contributed by atoms with Crippen LogP contribution >= 0.6 is 15.1 Å². The van der Waals surface area contributed by atoms with Crippen LogP contribution in [0.3, 0.4) is 0 Å². The number of carbonyl (C=O) groups excluding carboxylic acids is 2. The van der Waals surface area contributed by atoms with E-state index in [1.54, 1.807) is 26.0 Å². The second-order valence-corrected chi connectivity index (χ2v) is 18.7. The topological polar surface area (TPSA) is 127 Å². The molecule has 10 nitrogen and oxygen atoms in total. The Bertz CT molecular complexity index is 2080. The summed E-state index contributed by atoms with van der Waals surface area (Å²) in [5, 5.41) is 1.28. The molecule has 6 rings (SSSR count). The van der Waals surface area contributed by atoms with Crippen LogP contribution in [0.25, 0.3) is 22.3 Å². The van der Waals surface area contributed by atoms with E-state index in [0.29, 0.717) is 48.2 Å². The van der Waals surface area contributed by atoms with E-state index in [-0.39, 0.29) is 36.7 Å². The van der Waals surface area contributed by atoms with Gasteiger partial charge in [-0.3, -0.25) is 4.57 Å². The van der Waals surface area contributed by atoms with Gasteiger partial charge in [0.05, 0.1) is 5.30 Å². The monoisotopic (exact) mass is 772 g/mol. The van der Waals surface area contributed by atoms with E-state index in [0.717, 1.165) is 22.3 Å². The van der Waals surface area contributed by atoms with Crippen LogP contribution in [0.4, 0.5) is 0 Å². The van der Waals surface area contributed by atoms with Crippen molar-refractivity contribution in [1.82, 2.24) is 0 Å². The fraction of sp³-hybridized carbons (Fsp3) is 0.286. The van der Waals surface area contributed by atoms with Gasteiger partial charge in [0.1, 0.15) is 5.75 Å². The quantitative estimate of drug-likeness (QED) is 0.0503. The third-order valence-corrected chi connectivity index (χ3v) is 14.5. The number of hydrogen-bond acceptors (Lipinski definition) is 10. The zero-order chi connectivity index (χ0) is 38.3. The fourth-order valence-corrected chi connectivity index (χ4v) is 11.7. The number of rotatable bonds is 17. The van der Waals surface area contributed by atoms with Gasteiger partial charge in [0.15, 0.2) is 0 Å². The zero-order valence-corrected chi connectivity index (χ0v) is 32.4. The SMILES string of the molecule is C=C(C)C(=O)OC(COCCCCOCC(C[PH]1(O)Oc2ccccc2-c2ccccc21)OC(=O)C(=C)C)CP1(=O)Oc2ccccc2-c2ccccc21. The van der Waals surface area contributed by atoms with Crippen LogP contribution in [0.2, 0.25) is 0 Å². The first kappa shape index (κ1) is 39.1. The van der Waals surface area contributed by atoms with Crippen LogP contribution < -0.4 is 19.7 Å². The van der Waals surface area contributed by atoms with E-state index < -0.39 is 39.2 Å². The Labute approximate surface area is 316 Å². The van der Waals surface area contributed by atoms with Crippen LogP contribution in [0.5, 0.6) is 11.5 Å². The maximum atomic E-state index is 14.4. The van der Waals surface area contributed by atoms with E-state index in [4.69, 9.17) is 28.0 Å². The van der Waals surface area contributed by atoms with Crippen molar-refractivity contribution in [2.75, 3.05) is 38.8 Å². The van der Waals surface area contributed by atoms with Gasteiger partial charge in [0.25, 0.3) is 7.37 Å². The summed E-state index contributed by atoms with van der Waals surface area (Å²) in [7, 11) is -7.12. The molecule has 0 aliphatic carbocycles. The van der Waals surface area contributed by atoms with Gasteiger partial charge in [-0.25, -0.2) is 4.79 Å². The minimum absolute atomic E-state index is 0.00375. The van der Waals surface area contributed by atoms with Crippen LogP contribution in [0, 0.1) is 0 Å². The van der Waals surface area contributed by atoms with E-state index in [1.165, 1.54) is 0 Å². The van der Waals surface area contributed by atoms with Crippen molar-refractivity contribution in [3.63, 3.8) is 0 Å². The molecule has 0 bridgehead atoms. The number of hydrogen-bond donors (Lipinski definition) is 1. The molecule has 2 aliphatic rings. The van der Waals surface area contributed by atoms with Crippen molar-refractivity contribution < 1.29 is 47.0 Å². The first-order valence-corrected chi connectivity index (χ1v) is 21.8. The number of benzene rings is 4. The van der Waals surface area contributed by atoms with Crippen LogP contribution in [0.15, 0.2) is 121 Å². The molecule has 12 heteroatoms. The van der Waals surface area contributed by atoms with E-state index >= 15 is 0 Å². The van der Waals surface area contributed by atoms with Gasteiger partial charge < -0.3 is 4.52 Å². The third kappa shape index (κ3) is 9.03. The van der Waals surface area contributed by atoms with Crippen LogP contribution in [0.1, 0.15) is 26.7 Å². The Morgan fingerprint density at radius 1 is 0.704 bits per heavy atom. The van der Waals surface area contributed by atoms with Crippen molar-refractivity contribution in [2.24, 2.45) is 0 Å². The Kier molecular flexibility index (Phi) is 12.5. The number of para-hydroxylation sites is 2. The standard InChI is InChI=1S/C42H46O10P2/c1-29(2)41(43)49-31(27-53(45)39-21-11-7-17-35(39)33-15-5-9-19-37(33)51-53)25-47-23-13-14-24-48-26-32(50-42(44)30(3)4)28-54(46)40-22-12-8-18-36(40)34-16-6-10-20-38(34)52-54/h5-12,15-22,31-32,45,53H,1,3,13-14,23-28H2,2,4H3. The fourth-order valence-electron chi connectivity index (χ4n) is 6.51. The minimum Gasteiger partial charge on any atom is -0.439 e. The number of carbonyl (C=O) groups is 2. The van der Waals surface area contributed by atoms with Crippen LogP contribution in [-0.2, 0) is 33.1 Å². The summed E-state index contributed by atoms with van der Waals surface area (Å²) in [6.07, 6.45) is -0.432. The summed E-state index contributed by atoms with van der Waals surface area (Å²) in [5.74, 6) is -0.0774. The predicted octanol–water partition coefficient (Wildman–Crippen LogP) is 7.40. The van der Waals surface area contributed by atoms with E-state index in [9.17, 15) is 19.0 Å². The molecule has 0 saturated heterocycles. The van der Waals surface area contributed by atoms with Gasteiger partial charge in [-0.2, -0.15) is 0 Å². The first-order valence-electron chi connectivity index (χ1n) is 17.9. The van der Waals surface area contributed by atoms with E-state index in [1.807, 2.05) is 84.9 Å². The molecule has 2 aliphatic heterocycles.